The van der Waals surface area contributed by atoms with E-state index >= 15 is 0 Å². The van der Waals surface area contributed by atoms with E-state index < -0.39 is 0 Å². The van der Waals surface area contributed by atoms with Crippen molar-refractivity contribution in [1.29, 1.82) is 0 Å². The maximum atomic E-state index is 5.27. The van der Waals surface area contributed by atoms with Gasteiger partial charge in [-0.25, -0.2) is 0 Å². The standard InChI is InChI=1S/C16H15O/c1-17-14-9-10-15(12-5-3-2-4-6-12)16(11-14)13-7-8-13/h2-6,9-10,13H,7-8H2,1H3. The number of rotatable bonds is 3. The molecule has 0 atom stereocenters. The van der Waals surface area contributed by atoms with E-state index in [0.29, 0.717) is 5.92 Å². The smallest absolute Gasteiger partial charge is 0.127 e. The van der Waals surface area contributed by atoms with E-state index in [1.165, 1.54) is 29.5 Å². The number of ether oxygens (including phenoxy) is 1. The van der Waals surface area contributed by atoms with Gasteiger partial charge in [-0.05, 0) is 41.5 Å². The van der Waals surface area contributed by atoms with Crippen molar-refractivity contribution in [3.63, 3.8) is 0 Å². The van der Waals surface area contributed by atoms with Crippen LogP contribution in [-0.2, 0) is 0 Å². The zero-order chi connectivity index (χ0) is 11.7. The number of hydrogen-bond donors (Lipinski definition) is 0. The first-order valence-electron chi connectivity index (χ1n) is 6.04. The fourth-order valence-corrected chi connectivity index (χ4v) is 2.17. The van der Waals surface area contributed by atoms with Crippen molar-refractivity contribution in [2.75, 3.05) is 7.11 Å². The normalized spacial score (nSPS) is 14.6. The van der Waals surface area contributed by atoms with Crippen molar-refractivity contribution < 1.29 is 4.74 Å². The summed E-state index contributed by atoms with van der Waals surface area (Å²) in [5, 5.41) is 0. The molecule has 1 radical (unpaired) electrons. The number of methoxy groups -OCH3 is 1. The lowest BCUT2D eigenvalue weighted by Crippen LogP contribution is -1.91. The molecule has 0 saturated heterocycles. The van der Waals surface area contributed by atoms with Gasteiger partial charge in [0.2, 0.25) is 0 Å². The van der Waals surface area contributed by atoms with Gasteiger partial charge in [-0.3, -0.25) is 0 Å². The Kier molecular flexibility index (Phi) is 2.60. The maximum absolute atomic E-state index is 5.27. The molecule has 1 nitrogen and oxygen atoms in total. The van der Waals surface area contributed by atoms with E-state index in [4.69, 9.17) is 4.74 Å². The molecule has 0 aromatic heterocycles. The van der Waals surface area contributed by atoms with Gasteiger partial charge in [0, 0.05) is 6.07 Å². The maximum Gasteiger partial charge on any atom is 0.127 e. The van der Waals surface area contributed by atoms with Crippen molar-refractivity contribution in [1.82, 2.24) is 0 Å². The zero-order valence-electron chi connectivity index (χ0n) is 9.94. The van der Waals surface area contributed by atoms with Crippen LogP contribution in [0.3, 0.4) is 0 Å². The highest BCUT2D eigenvalue weighted by Gasteiger charge is 2.27. The molecule has 1 aliphatic carbocycles. The summed E-state index contributed by atoms with van der Waals surface area (Å²) in [5.41, 5.74) is 3.89. The molecule has 2 aromatic carbocycles. The van der Waals surface area contributed by atoms with Gasteiger partial charge in [0.25, 0.3) is 0 Å². The van der Waals surface area contributed by atoms with Crippen LogP contribution in [0.1, 0.15) is 24.3 Å². The Balaban J connectivity index is 2.09. The Labute approximate surface area is 102 Å². The first kappa shape index (κ1) is 10.4. The van der Waals surface area contributed by atoms with Gasteiger partial charge < -0.3 is 4.74 Å². The summed E-state index contributed by atoms with van der Waals surface area (Å²) >= 11 is 0. The number of benzene rings is 2. The third-order valence-electron chi connectivity index (χ3n) is 3.24. The van der Waals surface area contributed by atoms with Crippen LogP contribution in [0, 0.1) is 6.07 Å². The quantitative estimate of drug-likeness (QED) is 0.763. The van der Waals surface area contributed by atoms with Gasteiger partial charge in [-0.15, -0.1) is 0 Å². The fraction of sp³-hybridized carbons (Fsp3) is 0.250. The first-order valence-corrected chi connectivity index (χ1v) is 6.04. The van der Waals surface area contributed by atoms with Crippen molar-refractivity contribution in [2.24, 2.45) is 0 Å². The molecule has 0 N–H and O–H groups in total. The van der Waals surface area contributed by atoms with Crippen molar-refractivity contribution in [3.05, 3.63) is 54.1 Å². The Morgan fingerprint density at radius 1 is 1.06 bits per heavy atom. The molecule has 0 bridgehead atoms. The molecular formula is C16H15O. The van der Waals surface area contributed by atoms with Crippen LogP contribution in [-0.4, -0.2) is 7.11 Å². The van der Waals surface area contributed by atoms with Crippen molar-refractivity contribution in [2.45, 2.75) is 18.8 Å². The van der Waals surface area contributed by atoms with E-state index in [-0.39, 0.29) is 0 Å². The molecule has 0 spiro atoms. The summed E-state index contributed by atoms with van der Waals surface area (Å²) < 4.78 is 5.27. The third kappa shape index (κ3) is 2.05. The molecule has 0 amide bonds. The topological polar surface area (TPSA) is 9.23 Å². The highest BCUT2D eigenvalue weighted by molar-refractivity contribution is 5.69. The molecule has 1 saturated carbocycles. The van der Waals surface area contributed by atoms with Crippen LogP contribution in [0.2, 0.25) is 0 Å². The third-order valence-corrected chi connectivity index (χ3v) is 3.24. The summed E-state index contributed by atoms with van der Waals surface area (Å²) in [4.78, 5) is 0. The van der Waals surface area contributed by atoms with Crippen molar-refractivity contribution >= 4 is 0 Å². The van der Waals surface area contributed by atoms with Gasteiger partial charge in [0.05, 0.1) is 7.11 Å². The van der Waals surface area contributed by atoms with E-state index in [0.717, 1.165) is 5.75 Å². The van der Waals surface area contributed by atoms with Gasteiger partial charge >= 0.3 is 0 Å². The summed E-state index contributed by atoms with van der Waals surface area (Å²) in [6, 6.07) is 18.1. The molecule has 0 aliphatic heterocycles. The highest BCUT2D eigenvalue weighted by atomic mass is 16.5. The second-order valence-corrected chi connectivity index (χ2v) is 4.49. The SMILES string of the molecule is COc1[c]c(C2CC2)c(-c2ccccc2)cc1. The van der Waals surface area contributed by atoms with Crippen LogP contribution in [0.15, 0.2) is 42.5 Å². The minimum Gasteiger partial charge on any atom is -0.496 e. The predicted octanol–water partition coefficient (Wildman–Crippen LogP) is 4.04. The summed E-state index contributed by atoms with van der Waals surface area (Å²) in [5.74, 6) is 1.52. The lowest BCUT2D eigenvalue weighted by molar-refractivity contribution is 0.413. The lowest BCUT2D eigenvalue weighted by Gasteiger charge is -2.10. The molecular weight excluding hydrogens is 208 g/mol. The molecule has 0 unspecified atom stereocenters. The summed E-state index contributed by atoms with van der Waals surface area (Å²) in [6.45, 7) is 0. The largest absolute Gasteiger partial charge is 0.496 e. The van der Waals surface area contributed by atoms with Gasteiger partial charge in [0.15, 0.2) is 0 Å². The fourth-order valence-electron chi connectivity index (χ4n) is 2.17. The summed E-state index contributed by atoms with van der Waals surface area (Å²) in [7, 11) is 1.70. The second-order valence-electron chi connectivity index (χ2n) is 4.49. The molecule has 1 aliphatic rings. The summed E-state index contributed by atoms with van der Waals surface area (Å²) in [6.07, 6.45) is 2.56. The molecule has 85 valence electrons. The average Bonchev–Trinajstić information content (AvgIpc) is 3.23. The Bertz CT molecular complexity index is 512. The highest BCUT2D eigenvalue weighted by Crippen LogP contribution is 2.45. The van der Waals surface area contributed by atoms with E-state index in [1.54, 1.807) is 7.11 Å². The molecule has 3 rings (SSSR count). The zero-order valence-corrected chi connectivity index (χ0v) is 9.94. The first-order chi connectivity index (χ1) is 8.38. The monoisotopic (exact) mass is 223 g/mol. The van der Waals surface area contributed by atoms with Crippen LogP contribution in [0.5, 0.6) is 5.75 Å². The van der Waals surface area contributed by atoms with Crippen LogP contribution in [0.25, 0.3) is 11.1 Å². The van der Waals surface area contributed by atoms with E-state index in [2.05, 4.69) is 36.4 Å². The van der Waals surface area contributed by atoms with Crippen LogP contribution in [0.4, 0.5) is 0 Å². The molecule has 1 heteroatoms. The van der Waals surface area contributed by atoms with Gasteiger partial charge in [0.1, 0.15) is 5.75 Å². The lowest BCUT2D eigenvalue weighted by atomic mass is 9.96. The molecule has 1 fully saturated rings. The van der Waals surface area contributed by atoms with Gasteiger partial charge in [-0.1, -0.05) is 36.4 Å². The van der Waals surface area contributed by atoms with E-state index in [9.17, 15) is 0 Å². The van der Waals surface area contributed by atoms with Crippen LogP contribution < -0.4 is 4.74 Å². The Morgan fingerprint density at radius 2 is 1.82 bits per heavy atom. The Morgan fingerprint density at radius 3 is 2.47 bits per heavy atom. The van der Waals surface area contributed by atoms with E-state index in [1.807, 2.05) is 12.1 Å². The molecule has 2 aromatic rings. The van der Waals surface area contributed by atoms with Crippen molar-refractivity contribution in [3.8, 4) is 16.9 Å². The van der Waals surface area contributed by atoms with Gasteiger partial charge in [-0.2, -0.15) is 0 Å². The number of hydrogen-bond acceptors (Lipinski definition) is 1. The minimum atomic E-state index is 0.681. The molecule has 17 heavy (non-hydrogen) atoms. The average molecular weight is 223 g/mol. The van der Waals surface area contributed by atoms with Crippen LogP contribution >= 0.6 is 0 Å². The minimum absolute atomic E-state index is 0.681. The Hall–Kier alpha value is -1.76. The predicted molar refractivity (Wildman–Crippen MR) is 69.2 cm³/mol. The second kappa shape index (κ2) is 4.25. The molecule has 0 heterocycles.